The van der Waals surface area contributed by atoms with Gasteiger partial charge in [-0.3, -0.25) is 14.5 Å². The van der Waals surface area contributed by atoms with E-state index in [-0.39, 0.29) is 5.70 Å². The van der Waals surface area contributed by atoms with Crippen LogP contribution in [0.5, 0.6) is 0 Å². The maximum atomic E-state index is 12.5. The van der Waals surface area contributed by atoms with Crippen molar-refractivity contribution in [2.24, 2.45) is 0 Å². The van der Waals surface area contributed by atoms with Crippen LogP contribution in [-0.2, 0) is 14.4 Å². The number of nitrogen functional groups attached to an aromatic ring is 1. The number of rotatable bonds is 4. The maximum absolute atomic E-state index is 12.5. The number of thioether (sulfide) groups is 1. The van der Waals surface area contributed by atoms with Crippen molar-refractivity contribution in [3.63, 3.8) is 0 Å². The van der Waals surface area contributed by atoms with Gasteiger partial charge in [0.15, 0.2) is 5.13 Å². The van der Waals surface area contributed by atoms with Gasteiger partial charge in [0.05, 0.1) is 11.3 Å². The Kier molecular flexibility index (Phi) is 4.33. The van der Waals surface area contributed by atoms with Gasteiger partial charge in [-0.25, -0.2) is 9.78 Å². The van der Waals surface area contributed by atoms with E-state index in [4.69, 9.17) is 10.8 Å². The molecule has 2 aliphatic rings. The Hall–Kier alpha value is -2.33. The Morgan fingerprint density at radius 3 is 2.88 bits per heavy atom. The van der Waals surface area contributed by atoms with E-state index >= 15 is 0 Å². The minimum atomic E-state index is -1.15. The molecule has 0 aromatic carbocycles. The molecule has 0 radical (unpaired) electrons. The highest BCUT2D eigenvalue weighted by Crippen LogP contribution is 2.37. The summed E-state index contributed by atoms with van der Waals surface area (Å²) >= 11 is 2.63. The monoisotopic (exact) mass is 366 g/mol. The molecular weight excluding hydrogens is 352 g/mol. The zero-order valence-electron chi connectivity index (χ0n) is 12.6. The van der Waals surface area contributed by atoms with Gasteiger partial charge in [0.2, 0.25) is 0 Å². The van der Waals surface area contributed by atoms with E-state index in [9.17, 15) is 14.4 Å². The Balaban J connectivity index is 1.73. The first-order chi connectivity index (χ1) is 11.4. The minimum Gasteiger partial charge on any atom is -0.477 e. The number of carboxylic acid groups (broad SMARTS) is 1. The molecule has 0 saturated carbocycles. The predicted octanol–water partition coefficient (Wildman–Crippen LogP) is 0.497. The number of carboxylic acids is 1. The second-order valence-corrected chi connectivity index (χ2v) is 7.09. The van der Waals surface area contributed by atoms with Crippen LogP contribution in [0.15, 0.2) is 23.2 Å². The summed E-state index contributed by atoms with van der Waals surface area (Å²) < 4.78 is 0. The molecule has 0 bridgehead atoms. The summed E-state index contributed by atoms with van der Waals surface area (Å²) in [4.78, 5) is 41.1. The van der Waals surface area contributed by atoms with Gasteiger partial charge in [0.1, 0.15) is 17.1 Å². The first kappa shape index (κ1) is 16.5. The molecular formula is C14H14N4O4S2. The van der Waals surface area contributed by atoms with Gasteiger partial charge < -0.3 is 16.2 Å². The van der Waals surface area contributed by atoms with E-state index in [2.05, 4.69) is 10.3 Å². The number of hydrogen-bond donors (Lipinski definition) is 3. The molecule has 1 saturated heterocycles. The maximum Gasteiger partial charge on any atom is 0.352 e. The summed E-state index contributed by atoms with van der Waals surface area (Å²) in [6.07, 6.45) is 3.09. The number of allylic oxidation sites excluding steroid dienone is 1. The highest BCUT2D eigenvalue weighted by atomic mass is 32.2. The SMILES string of the molecule is C/C=C(/C(=O)N[C@@H]1C(=O)N2C(C(=O)O)=CCS[C@H]12)c1csc(N)n1. The van der Waals surface area contributed by atoms with Gasteiger partial charge >= 0.3 is 5.97 Å². The summed E-state index contributed by atoms with van der Waals surface area (Å²) in [5, 5.41) is 13.4. The smallest absolute Gasteiger partial charge is 0.352 e. The number of fused-ring (bicyclic) bond motifs is 1. The summed E-state index contributed by atoms with van der Waals surface area (Å²) in [7, 11) is 0. The van der Waals surface area contributed by atoms with Crippen LogP contribution in [0.4, 0.5) is 5.13 Å². The number of β-lactam (4-membered cyclic amide) rings is 1. The lowest BCUT2D eigenvalue weighted by atomic mass is 10.0. The quantitative estimate of drug-likeness (QED) is 0.523. The normalized spacial score (nSPS) is 23.2. The third-order valence-electron chi connectivity index (χ3n) is 3.68. The van der Waals surface area contributed by atoms with Crippen LogP contribution in [0.1, 0.15) is 12.6 Å². The number of nitrogens with zero attached hydrogens (tertiary/aromatic N) is 2. The zero-order valence-corrected chi connectivity index (χ0v) is 14.2. The summed E-state index contributed by atoms with van der Waals surface area (Å²) in [5.74, 6) is -1.54. The number of nitrogens with two attached hydrogens (primary N) is 1. The molecule has 10 heteroatoms. The Morgan fingerprint density at radius 2 is 2.29 bits per heavy atom. The van der Waals surface area contributed by atoms with Crippen molar-refractivity contribution in [3.8, 4) is 0 Å². The molecule has 0 aliphatic carbocycles. The topological polar surface area (TPSA) is 126 Å². The molecule has 1 fully saturated rings. The van der Waals surface area contributed by atoms with Crippen molar-refractivity contribution in [2.45, 2.75) is 18.3 Å². The number of anilines is 1. The molecule has 3 heterocycles. The van der Waals surface area contributed by atoms with Crippen molar-refractivity contribution >= 4 is 51.6 Å². The van der Waals surface area contributed by atoms with Gasteiger partial charge in [0, 0.05) is 11.1 Å². The Labute approximate surface area is 145 Å². The fraction of sp³-hybridized carbons (Fsp3) is 0.286. The molecule has 2 aliphatic heterocycles. The molecule has 2 atom stereocenters. The second-order valence-electron chi connectivity index (χ2n) is 5.05. The van der Waals surface area contributed by atoms with Crippen LogP contribution in [-0.4, -0.2) is 49.9 Å². The lowest BCUT2D eigenvalue weighted by Gasteiger charge is -2.48. The van der Waals surface area contributed by atoms with E-state index in [0.717, 1.165) is 0 Å². The van der Waals surface area contributed by atoms with E-state index in [1.165, 1.54) is 34.1 Å². The van der Waals surface area contributed by atoms with Gasteiger partial charge in [0.25, 0.3) is 11.8 Å². The lowest BCUT2D eigenvalue weighted by Crippen LogP contribution is -2.70. The van der Waals surface area contributed by atoms with E-state index in [0.29, 0.717) is 22.2 Å². The van der Waals surface area contributed by atoms with Crippen molar-refractivity contribution in [3.05, 3.63) is 28.9 Å². The average Bonchev–Trinajstić information content (AvgIpc) is 2.98. The minimum absolute atomic E-state index is 0.0345. The van der Waals surface area contributed by atoms with Gasteiger partial charge in [-0.05, 0) is 13.0 Å². The number of carbonyl (C=O) groups is 3. The zero-order chi connectivity index (χ0) is 17.4. The second kappa shape index (κ2) is 6.29. The number of amides is 2. The Morgan fingerprint density at radius 1 is 1.54 bits per heavy atom. The van der Waals surface area contributed by atoms with Gasteiger partial charge in [-0.1, -0.05) is 6.08 Å². The van der Waals surface area contributed by atoms with E-state index in [1.54, 1.807) is 18.4 Å². The molecule has 2 amide bonds. The number of aliphatic carboxylic acids is 1. The largest absolute Gasteiger partial charge is 0.477 e. The Bertz CT molecular complexity index is 785. The molecule has 8 nitrogen and oxygen atoms in total. The number of nitrogens with one attached hydrogen (secondary N) is 1. The van der Waals surface area contributed by atoms with Crippen molar-refractivity contribution in [2.75, 3.05) is 11.5 Å². The van der Waals surface area contributed by atoms with Crippen molar-refractivity contribution in [1.82, 2.24) is 15.2 Å². The molecule has 126 valence electrons. The highest BCUT2D eigenvalue weighted by Gasteiger charge is 2.52. The van der Waals surface area contributed by atoms with E-state index < -0.39 is 29.2 Å². The number of carbonyl (C=O) groups excluding carboxylic acids is 2. The summed E-state index contributed by atoms with van der Waals surface area (Å²) in [5.41, 5.74) is 6.32. The van der Waals surface area contributed by atoms with Crippen LogP contribution in [0.3, 0.4) is 0 Å². The molecule has 4 N–H and O–H groups in total. The van der Waals surface area contributed by atoms with Crippen LogP contribution in [0, 0.1) is 0 Å². The average molecular weight is 366 g/mol. The lowest BCUT2D eigenvalue weighted by molar-refractivity contribution is -0.150. The molecule has 3 rings (SSSR count). The van der Waals surface area contributed by atoms with Crippen molar-refractivity contribution < 1.29 is 19.5 Å². The van der Waals surface area contributed by atoms with E-state index in [1.807, 2.05) is 0 Å². The van der Waals surface area contributed by atoms with Crippen LogP contribution in [0.25, 0.3) is 5.57 Å². The van der Waals surface area contributed by atoms with Crippen LogP contribution in [0.2, 0.25) is 0 Å². The molecule has 0 unspecified atom stereocenters. The number of hydrogen-bond acceptors (Lipinski definition) is 7. The molecule has 0 spiro atoms. The third-order valence-corrected chi connectivity index (χ3v) is 5.54. The molecule has 24 heavy (non-hydrogen) atoms. The van der Waals surface area contributed by atoms with Crippen LogP contribution >= 0.6 is 23.1 Å². The number of thiazole rings is 1. The standard InChI is InChI=1S/C14H14N4O4S2/c1-2-6(7-5-24-14(15)16-7)10(19)17-9-11(20)18-8(13(21)22)3-4-23-12(9)18/h2-3,5,9,12H,4H2,1H3,(H2,15,16)(H,17,19)(H,21,22)/b6-2+/t9-,12-/m1/s1. The van der Waals surface area contributed by atoms with Crippen molar-refractivity contribution in [1.29, 1.82) is 0 Å². The van der Waals surface area contributed by atoms with Gasteiger partial charge in [-0.2, -0.15) is 0 Å². The predicted molar refractivity (Wildman–Crippen MR) is 90.9 cm³/mol. The fourth-order valence-electron chi connectivity index (χ4n) is 2.56. The first-order valence-electron chi connectivity index (χ1n) is 7.00. The van der Waals surface area contributed by atoms with Crippen LogP contribution < -0.4 is 11.1 Å². The molecule has 1 aromatic rings. The number of aromatic nitrogens is 1. The molecule has 1 aromatic heterocycles. The highest BCUT2D eigenvalue weighted by molar-refractivity contribution is 8.00. The third kappa shape index (κ3) is 2.67. The first-order valence-corrected chi connectivity index (χ1v) is 8.93. The fourth-order valence-corrected chi connectivity index (χ4v) is 4.32. The van der Waals surface area contributed by atoms with Gasteiger partial charge in [-0.15, -0.1) is 23.1 Å². The summed E-state index contributed by atoms with van der Waals surface area (Å²) in [6, 6.07) is -0.753. The summed E-state index contributed by atoms with van der Waals surface area (Å²) in [6.45, 7) is 1.69.